The van der Waals surface area contributed by atoms with E-state index < -0.39 is 10.0 Å². The van der Waals surface area contributed by atoms with E-state index in [9.17, 15) is 17.6 Å². The van der Waals surface area contributed by atoms with Crippen molar-refractivity contribution >= 4 is 15.9 Å². The molecular weight excluding hydrogens is 307 g/mol. The summed E-state index contributed by atoms with van der Waals surface area (Å²) in [4.78, 5) is 12.1. The Morgan fingerprint density at radius 1 is 1.36 bits per heavy atom. The third-order valence-electron chi connectivity index (χ3n) is 3.94. The maximum Gasteiger partial charge on any atom is 0.223 e. The van der Waals surface area contributed by atoms with Gasteiger partial charge in [0.25, 0.3) is 0 Å². The maximum absolute atomic E-state index is 13.1. The maximum atomic E-state index is 13.1. The Kier molecular flexibility index (Phi) is 5.52. The molecule has 122 valence electrons. The molecule has 1 aliphatic heterocycles. The van der Waals surface area contributed by atoms with Gasteiger partial charge in [0.15, 0.2) is 0 Å². The van der Waals surface area contributed by atoms with Crippen molar-refractivity contribution in [2.24, 2.45) is 5.92 Å². The molecule has 1 N–H and O–H groups in total. The van der Waals surface area contributed by atoms with Gasteiger partial charge in [-0.25, -0.2) is 17.1 Å². The zero-order chi connectivity index (χ0) is 16.2. The van der Waals surface area contributed by atoms with Crippen LogP contribution in [0.4, 0.5) is 4.39 Å². The molecule has 0 radical (unpaired) electrons. The van der Waals surface area contributed by atoms with Crippen molar-refractivity contribution in [1.29, 1.82) is 0 Å². The molecule has 0 atom stereocenters. The highest BCUT2D eigenvalue weighted by atomic mass is 32.2. The van der Waals surface area contributed by atoms with Crippen LogP contribution in [0.1, 0.15) is 25.3 Å². The van der Waals surface area contributed by atoms with Crippen LogP contribution in [0.5, 0.6) is 0 Å². The number of halogens is 1. The number of carbonyl (C=O) groups is 1. The minimum absolute atomic E-state index is 0.0867. The molecule has 2 rings (SSSR count). The molecule has 1 fully saturated rings. The topological polar surface area (TPSA) is 66.5 Å². The second kappa shape index (κ2) is 7.19. The third kappa shape index (κ3) is 4.27. The SMILES string of the molecule is CCS(=O)(=O)N1CCC(C(=O)NCc2cccc(F)c2)CC1. The smallest absolute Gasteiger partial charge is 0.223 e. The van der Waals surface area contributed by atoms with Gasteiger partial charge in [0, 0.05) is 25.6 Å². The van der Waals surface area contributed by atoms with Gasteiger partial charge in [-0.2, -0.15) is 0 Å². The van der Waals surface area contributed by atoms with Crippen LogP contribution >= 0.6 is 0 Å². The van der Waals surface area contributed by atoms with E-state index in [1.54, 1.807) is 19.1 Å². The first-order valence-electron chi connectivity index (χ1n) is 7.42. The van der Waals surface area contributed by atoms with E-state index >= 15 is 0 Å². The van der Waals surface area contributed by atoms with Crippen molar-refractivity contribution in [3.8, 4) is 0 Å². The quantitative estimate of drug-likeness (QED) is 0.891. The molecule has 1 amide bonds. The highest BCUT2D eigenvalue weighted by Gasteiger charge is 2.29. The van der Waals surface area contributed by atoms with Gasteiger partial charge in [0.2, 0.25) is 15.9 Å². The molecule has 0 bridgehead atoms. The Balaban J connectivity index is 1.83. The average molecular weight is 328 g/mol. The first kappa shape index (κ1) is 16.9. The van der Waals surface area contributed by atoms with Gasteiger partial charge in [0.05, 0.1) is 5.75 Å². The number of sulfonamides is 1. The lowest BCUT2D eigenvalue weighted by Gasteiger charge is -2.30. The van der Waals surface area contributed by atoms with E-state index in [4.69, 9.17) is 0 Å². The third-order valence-corrected chi connectivity index (χ3v) is 5.82. The van der Waals surface area contributed by atoms with Gasteiger partial charge in [-0.1, -0.05) is 12.1 Å². The molecule has 1 heterocycles. The normalized spacial score (nSPS) is 17.4. The number of nitrogens with zero attached hydrogens (tertiary/aromatic N) is 1. The summed E-state index contributed by atoms with van der Waals surface area (Å²) >= 11 is 0. The van der Waals surface area contributed by atoms with Crippen LogP contribution in [0, 0.1) is 11.7 Å². The monoisotopic (exact) mass is 328 g/mol. The van der Waals surface area contributed by atoms with Crippen LogP contribution in [0.25, 0.3) is 0 Å². The number of amides is 1. The fourth-order valence-corrected chi connectivity index (χ4v) is 3.69. The van der Waals surface area contributed by atoms with Crippen LogP contribution in [-0.4, -0.2) is 37.5 Å². The molecule has 0 aliphatic carbocycles. The van der Waals surface area contributed by atoms with Gasteiger partial charge in [-0.15, -0.1) is 0 Å². The number of hydrogen-bond acceptors (Lipinski definition) is 3. The first-order valence-corrected chi connectivity index (χ1v) is 9.03. The number of piperidine rings is 1. The standard InChI is InChI=1S/C15H21FN2O3S/c1-2-22(20,21)18-8-6-13(7-9-18)15(19)17-11-12-4-3-5-14(16)10-12/h3-5,10,13H,2,6-9,11H2,1H3,(H,17,19). The fourth-order valence-electron chi connectivity index (χ4n) is 2.56. The summed E-state index contributed by atoms with van der Waals surface area (Å²) in [5, 5.41) is 2.79. The summed E-state index contributed by atoms with van der Waals surface area (Å²) in [7, 11) is -3.17. The molecule has 5 nitrogen and oxygen atoms in total. The van der Waals surface area contributed by atoms with Crippen molar-refractivity contribution in [2.75, 3.05) is 18.8 Å². The number of nitrogens with one attached hydrogen (secondary N) is 1. The second-order valence-electron chi connectivity index (χ2n) is 5.42. The van der Waals surface area contributed by atoms with Crippen molar-refractivity contribution in [3.63, 3.8) is 0 Å². The molecule has 0 saturated carbocycles. The van der Waals surface area contributed by atoms with E-state index in [1.165, 1.54) is 16.4 Å². The lowest BCUT2D eigenvalue weighted by molar-refractivity contribution is -0.126. The molecule has 0 spiro atoms. The number of carbonyl (C=O) groups excluding carboxylic acids is 1. The molecule has 1 aromatic rings. The van der Waals surface area contributed by atoms with Crippen LogP contribution in [0.2, 0.25) is 0 Å². The Bertz CT molecular complexity index is 625. The summed E-state index contributed by atoms with van der Waals surface area (Å²) in [6, 6.07) is 6.09. The average Bonchev–Trinajstić information content (AvgIpc) is 2.53. The Morgan fingerprint density at radius 2 is 2.05 bits per heavy atom. The predicted octanol–water partition coefficient (Wildman–Crippen LogP) is 1.50. The largest absolute Gasteiger partial charge is 0.352 e. The second-order valence-corrected chi connectivity index (χ2v) is 7.68. The highest BCUT2D eigenvalue weighted by Crippen LogP contribution is 2.20. The van der Waals surface area contributed by atoms with Gasteiger partial charge >= 0.3 is 0 Å². The van der Waals surface area contributed by atoms with Crippen LogP contribution in [0.15, 0.2) is 24.3 Å². The van der Waals surface area contributed by atoms with E-state index in [0.29, 0.717) is 31.5 Å². The van der Waals surface area contributed by atoms with Crippen molar-refractivity contribution in [1.82, 2.24) is 9.62 Å². The molecular formula is C15H21FN2O3S. The van der Waals surface area contributed by atoms with E-state index in [1.807, 2.05) is 0 Å². The van der Waals surface area contributed by atoms with Crippen LogP contribution in [0.3, 0.4) is 0 Å². The molecule has 1 saturated heterocycles. The molecule has 1 aliphatic rings. The van der Waals surface area contributed by atoms with E-state index in [2.05, 4.69) is 5.32 Å². The summed E-state index contributed by atoms with van der Waals surface area (Å²) in [5.41, 5.74) is 0.708. The van der Waals surface area contributed by atoms with Crippen molar-refractivity contribution in [2.45, 2.75) is 26.3 Å². The summed E-state index contributed by atoms with van der Waals surface area (Å²) in [6.45, 7) is 2.67. The Labute approximate surface area is 130 Å². The lowest BCUT2D eigenvalue weighted by atomic mass is 9.97. The Hall–Kier alpha value is -1.47. The molecule has 0 aromatic heterocycles. The molecule has 1 aromatic carbocycles. The summed E-state index contributed by atoms with van der Waals surface area (Å²) in [5.74, 6) is -0.525. The van der Waals surface area contributed by atoms with Gasteiger partial charge in [-0.3, -0.25) is 4.79 Å². The first-order chi connectivity index (χ1) is 10.4. The van der Waals surface area contributed by atoms with Gasteiger partial charge < -0.3 is 5.32 Å². The Morgan fingerprint density at radius 3 is 2.64 bits per heavy atom. The zero-order valence-electron chi connectivity index (χ0n) is 12.6. The predicted molar refractivity (Wildman–Crippen MR) is 82.0 cm³/mol. The van der Waals surface area contributed by atoms with E-state index in [0.717, 1.165) is 0 Å². The highest BCUT2D eigenvalue weighted by molar-refractivity contribution is 7.89. The van der Waals surface area contributed by atoms with Crippen LogP contribution < -0.4 is 5.32 Å². The van der Waals surface area contributed by atoms with E-state index in [-0.39, 0.29) is 29.9 Å². The molecule has 0 unspecified atom stereocenters. The molecule has 7 heteroatoms. The summed E-state index contributed by atoms with van der Waals surface area (Å²) in [6.07, 6.45) is 1.04. The van der Waals surface area contributed by atoms with Gasteiger partial charge in [0.1, 0.15) is 5.82 Å². The van der Waals surface area contributed by atoms with Crippen molar-refractivity contribution in [3.05, 3.63) is 35.6 Å². The summed E-state index contributed by atoms with van der Waals surface area (Å²) < 4.78 is 38.0. The molecule has 22 heavy (non-hydrogen) atoms. The number of hydrogen-bond donors (Lipinski definition) is 1. The van der Waals surface area contributed by atoms with Gasteiger partial charge in [-0.05, 0) is 37.5 Å². The minimum atomic E-state index is -3.17. The van der Waals surface area contributed by atoms with Crippen LogP contribution in [-0.2, 0) is 21.4 Å². The lowest BCUT2D eigenvalue weighted by Crippen LogP contribution is -2.43. The van der Waals surface area contributed by atoms with Crippen molar-refractivity contribution < 1.29 is 17.6 Å². The fraction of sp³-hybridized carbons (Fsp3) is 0.533. The number of benzene rings is 1. The zero-order valence-corrected chi connectivity index (χ0v) is 13.4. The number of rotatable bonds is 5. The minimum Gasteiger partial charge on any atom is -0.352 e.